The highest BCUT2D eigenvalue weighted by Crippen LogP contribution is 2.28. The van der Waals surface area contributed by atoms with Crippen molar-refractivity contribution in [3.05, 3.63) is 46.7 Å². The van der Waals surface area contributed by atoms with Crippen LogP contribution in [0.25, 0.3) is 11.1 Å². The number of amides is 1. The van der Waals surface area contributed by atoms with Crippen molar-refractivity contribution in [1.82, 2.24) is 5.32 Å². The fraction of sp³-hybridized carbons (Fsp3) is 0.267. The molecule has 2 aromatic rings. The molecule has 0 aliphatic carbocycles. The monoisotopic (exact) mass is 291 g/mol. The van der Waals surface area contributed by atoms with E-state index in [1.165, 1.54) is 11.3 Å². The molecule has 0 saturated heterocycles. The van der Waals surface area contributed by atoms with Crippen LogP contribution in [0.1, 0.15) is 16.6 Å². The SMILES string of the molecule is CC(CO)(CO)NC(=O)c1sccc1-c1ccccc1. The lowest BCUT2D eigenvalue weighted by Gasteiger charge is -2.26. The number of carbonyl (C=O) groups is 1. The van der Waals surface area contributed by atoms with Crippen molar-refractivity contribution in [2.75, 3.05) is 13.2 Å². The molecule has 1 amide bonds. The van der Waals surface area contributed by atoms with E-state index in [1.807, 2.05) is 41.8 Å². The molecular weight excluding hydrogens is 274 g/mol. The van der Waals surface area contributed by atoms with Crippen LogP contribution in [0, 0.1) is 0 Å². The molecule has 0 aliphatic heterocycles. The maximum absolute atomic E-state index is 12.3. The largest absolute Gasteiger partial charge is 0.394 e. The van der Waals surface area contributed by atoms with Crippen LogP contribution in [-0.4, -0.2) is 34.9 Å². The number of rotatable bonds is 5. The van der Waals surface area contributed by atoms with Crippen LogP contribution >= 0.6 is 11.3 Å². The van der Waals surface area contributed by atoms with Gasteiger partial charge in [-0.1, -0.05) is 30.3 Å². The van der Waals surface area contributed by atoms with Gasteiger partial charge in [-0.2, -0.15) is 0 Å². The molecule has 1 aromatic heterocycles. The highest BCUT2D eigenvalue weighted by molar-refractivity contribution is 7.12. The third kappa shape index (κ3) is 3.07. The molecule has 20 heavy (non-hydrogen) atoms. The number of nitrogens with one attached hydrogen (secondary N) is 1. The van der Waals surface area contributed by atoms with E-state index in [0.717, 1.165) is 11.1 Å². The smallest absolute Gasteiger partial charge is 0.262 e. The molecular formula is C15H17NO3S. The quantitative estimate of drug-likeness (QED) is 0.788. The molecule has 0 radical (unpaired) electrons. The average molecular weight is 291 g/mol. The Kier molecular flexibility index (Phi) is 4.54. The van der Waals surface area contributed by atoms with Gasteiger partial charge in [0, 0.05) is 5.56 Å². The summed E-state index contributed by atoms with van der Waals surface area (Å²) in [7, 11) is 0. The van der Waals surface area contributed by atoms with Gasteiger partial charge in [0.15, 0.2) is 0 Å². The first-order valence-corrected chi connectivity index (χ1v) is 7.15. The van der Waals surface area contributed by atoms with Crippen LogP contribution in [0.3, 0.4) is 0 Å². The summed E-state index contributed by atoms with van der Waals surface area (Å²) in [6.45, 7) is 0.962. The number of aliphatic hydroxyl groups is 2. The molecule has 5 heteroatoms. The number of hydrogen-bond donors (Lipinski definition) is 3. The van der Waals surface area contributed by atoms with E-state index in [1.54, 1.807) is 6.92 Å². The van der Waals surface area contributed by atoms with Gasteiger partial charge in [-0.25, -0.2) is 0 Å². The molecule has 2 rings (SSSR count). The first-order chi connectivity index (χ1) is 9.59. The van der Waals surface area contributed by atoms with Crippen LogP contribution < -0.4 is 5.32 Å². The van der Waals surface area contributed by atoms with Crippen molar-refractivity contribution in [3.8, 4) is 11.1 Å². The Morgan fingerprint density at radius 2 is 1.85 bits per heavy atom. The highest BCUT2D eigenvalue weighted by Gasteiger charge is 2.26. The average Bonchev–Trinajstić information content (AvgIpc) is 2.97. The third-order valence-electron chi connectivity index (χ3n) is 3.07. The van der Waals surface area contributed by atoms with Crippen molar-refractivity contribution in [2.24, 2.45) is 0 Å². The van der Waals surface area contributed by atoms with Crippen molar-refractivity contribution >= 4 is 17.2 Å². The van der Waals surface area contributed by atoms with Gasteiger partial charge in [-0.3, -0.25) is 4.79 Å². The summed E-state index contributed by atoms with van der Waals surface area (Å²) >= 11 is 1.34. The molecule has 1 aromatic carbocycles. The van der Waals surface area contributed by atoms with Crippen LogP contribution in [0.4, 0.5) is 0 Å². The molecule has 0 aliphatic rings. The number of carbonyl (C=O) groups excluding carboxylic acids is 1. The number of aliphatic hydroxyl groups excluding tert-OH is 2. The standard InChI is InChI=1S/C15H17NO3S/c1-15(9-17,10-18)16-14(19)13-12(7-8-20-13)11-5-3-2-4-6-11/h2-8,17-18H,9-10H2,1H3,(H,16,19). The fourth-order valence-electron chi connectivity index (χ4n) is 1.79. The summed E-state index contributed by atoms with van der Waals surface area (Å²) in [5, 5.41) is 23.0. The van der Waals surface area contributed by atoms with E-state index in [2.05, 4.69) is 5.32 Å². The van der Waals surface area contributed by atoms with Crippen LogP contribution in [-0.2, 0) is 0 Å². The summed E-state index contributed by atoms with van der Waals surface area (Å²) in [5.41, 5.74) is 0.801. The van der Waals surface area contributed by atoms with E-state index in [-0.39, 0.29) is 19.1 Å². The minimum Gasteiger partial charge on any atom is -0.394 e. The molecule has 4 nitrogen and oxygen atoms in total. The van der Waals surface area contributed by atoms with Gasteiger partial charge >= 0.3 is 0 Å². The van der Waals surface area contributed by atoms with Gasteiger partial charge in [0.05, 0.1) is 23.6 Å². The normalized spacial score (nSPS) is 11.3. The molecule has 1 heterocycles. The molecule has 0 bridgehead atoms. The van der Waals surface area contributed by atoms with E-state index < -0.39 is 5.54 Å². The summed E-state index contributed by atoms with van der Waals surface area (Å²) in [6, 6.07) is 11.5. The zero-order valence-electron chi connectivity index (χ0n) is 11.2. The van der Waals surface area contributed by atoms with Crippen molar-refractivity contribution in [2.45, 2.75) is 12.5 Å². The van der Waals surface area contributed by atoms with Gasteiger partial charge in [-0.15, -0.1) is 11.3 Å². The van der Waals surface area contributed by atoms with E-state index in [0.29, 0.717) is 4.88 Å². The Morgan fingerprint density at radius 3 is 2.45 bits per heavy atom. The van der Waals surface area contributed by atoms with Gasteiger partial charge in [-0.05, 0) is 23.9 Å². The third-order valence-corrected chi connectivity index (χ3v) is 3.98. The summed E-state index contributed by atoms with van der Waals surface area (Å²) < 4.78 is 0. The highest BCUT2D eigenvalue weighted by atomic mass is 32.1. The lowest BCUT2D eigenvalue weighted by Crippen LogP contribution is -2.51. The van der Waals surface area contributed by atoms with Gasteiger partial charge in [0.2, 0.25) is 0 Å². The Labute approximate surface area is 121 Å². The summed E-state index contributed by atoms with van der Waals surface area (Å²) in [6.07, 6.45) is 0. The molecule has 0 spiro atoms. The predicted octanol–water partition coefficient (Wildman–Crippen LogP) is 1.89. The molecule has 0 unspecified atom stereocenters. The zero-order valence-corrected chi connectivity index (χ0v) is 12.0. The Hall–Kier alpha value is -1.69. The van der Waals surface area contributed by atoms with Crippen molar-refractivity contribution < 1.29 is 15.0 Å². The predicted molar refractivity (Wildman–Crippen MR) is 79.8 cm³/mol. The molecule has 0 atom stereocenters. The lowest BCUT2D eigenvalue weighted by atomic mass is 10.0. The maximum atomic E-state index is 12.3. The van der Waals surface area contributed by atoms with E-state index in [9.17, 15) is 15.0 Å². The number of benzene rings is 1. The topological polar surface area (TPSA) is 69.6 Å². The molecule has 106 valence electrons. The Bertz CT molecular complexity index is 576. The van der Waals surface area contributed by atoms with Gasteiger partial charge < -0.3 is 15.5 Å². The second-order valence-corrected chi connectivity index (χ2v) is 5.78. The van der Waals surface area contributed by atoms with Gasteiger partial charge in [0.25, 0.3) is 5.91 Å². The summed E-state index contributed by atoms with van der Waals surface area (Å²) in [5.74, 6) is -0.288. The first kappa shape index (κ1) is 14.7. The van der Waals surface area contributed by atoms with Crippen molar-refractivity contribution in [1.29, 1.82) is 0 Å². The van der Waals surface area contributed by atoms with E-state index in [4.69, 9.17) is 0 Å². The first-order valence-electron chi connectivity index (χ1n) is 6.27. The number of thiophene rings is 1. The molecule has 0 fully saturated rings. The zero-order chi connectivity index (χ0) is 14.6. The Morgan fingerprint density at radius 1 is 1.20 bits per heavy atom. The van der Waals surface area contributed by atoms with Crippen LogP contribution in [0.5, 0.6) is 0 Å². The maximum Gasteiger partial charge on any atom is 0.262 e. The van der Waals surface area contributed by atoms with Crippen molar-refractivity contribution in [3.63, 3.8) is 0 Å². The minimum atomic E-state index is -1.02. The second-order valence-electron chi connectivity index (χ2n) is 4.86. The van der Waals surface area contributed by atoms with E-state index >= 15 is 0 Å². The minimum absolute atomic E-state index is 0.288. The van der Waals surface area contributed by atoms with Gasteiger partial charge in [0.1, 0.15) is 0 Å². The Balaban J connectivity index is 2.27. The van der Waals surface area contributed by atoms with Crippen LogP contribution in [0.15, 0.2) is 41.8 Å². The fourth-order valence-corrected chi connectivity index (χ4v) is 2.60. The second kappa shape index (κ2) is 6.17. The molecule has 0 saturated carbocycles. The summed E-state index contributed by atoms with van der Waals surface area (Å²) in [4.78, 5) is 12.9. The lowest BCUT2D eigenvalue weighted by molar-refractivity contribution is 0.0728. The number of hydrogen-bond acceptors (Lipinski definition) is 4. The molecule has 3 N–H and O–H groups in total. The van der Waals surface area contributed by atoms with Crippen LogP contribution in [0.2, 0.25) is 0 Å².